The van der Waals surface area contributed by atoms with Crippen molar-refractivity contribution in [1.29, 1.82) is 0 Å². The van der Waals surface area contributed by atoms with Crippen LogP contribution in [0, 0.1) is 0 Å². The molecule has 134 valence electrons. The molecular formula is C16H22F3N3O2. The predicted molar refractivity (Wildman–Crippen MR) is 83.9 cm³/mol. The summed E-state index contributed by atoms with van der Waals surface area (Å²) in [4.78, 5) is 19.5. The molecule has 2 heterocycles. The molecule has 0 spiro atoms. The Kier molecular flexibility index (Phi) is 4.96. The van der Waals surface area contributed by atoms with E-state index < -0.39 is 17.3 Å². The number of halogens is 3. The molecule has 5 nitrogen and oxygen atoms in total. The molecule has 2 rings (SSSR count). The normalized spacial score (nSPS) is 19.4. The topological polar surface area (TPSA) is 45.7 Å². The van der Waals surface area contributed by atoms with E-state index in [9.17, 15) is 18.0 Å². The molecule has 1 atom stereocenters. The fourth-order valence-electron chi connectivity index (χ4n) is 2.51. The van der Waals surface area contributed by atoms with Gasteiger partial charge in [0.15, 0.2) is 0 Å². The summed E-state index contributed by atoms with van der Waals surface area (Å²) in [5.41, 5.74) is -1.34. The second-order valence-corrected chi connectivity index (χ2v) is 6.87. The summed E-state index contributed by atoms with van der Waals surface area (Å²) in [6.45, 7) is 8.65. The SMILES string of the molecule is C[C@H]1CN(C(=O)OC(C)(C)C)CCN1c1ccc(C(F)(F)F)cn1. The first-order valence-electron chi connectivity index (χ1n) is 7.75. The number of hydrogen-bond donors (Lipinski definition) is 0. The monoisotopic (exact) mass is 345 g/mol. The molecule has 1 aliphatic heterocycles. The number of pyridine rings is 1. The highest BCUT2D eigenvalue weighted by molar-refractivity contribution is 5.68. The van der Waals surface area contributed by atoms with Crippen LogP contribution in [0.15, 0.2) is 18.3 Å². The lowest BCUT2D eigenvalue weighted by molar-refractivity contribution is -0.137. The molecule has 1 aliphatic rings. The minimum Gasteiger partial charge on any atom is -0.444 e. The van der Waals surface area contributed by atoms with Crippen molar-refractivity contribution in [1.82, 2.24) is 9.88 Å². The van der Waals surface area contributed by atoms with Crippen LogP contribution in [0.3, 0.4) is 0 Å². The summed E-state index contributed by atoms with van der Waals surface area (Å²) < 4.78 is 43.2. The molecular weight excluding hydrogens is 323 g/mol. The maximum absolute atomic E-state index is 12.6. The third-order valence-corrected chi connectivity index (χ3v) is 3.65. The maximum atomic E-state index is 12.6. The average molecular weight is 345 g/mol. The van der Waals surface area contributed by atoms with Gasteiger partial charge < -0.3 is 14.5 Å². The number of amides is 1. The number of carbonyl (C=O) groups excluding carboxylic acids is 1. The van der Waals surface area contributed by atoms with E-state index in [1.165, 1.54) is 6.07 Å². The van der Waals surface area contributed by atoms with Gasteiger partial charge in [-0.2, -0.15) is 13.2 Å². The standard InChI is InChI=1S/C16H22F3N3O2/c1-11-10-21(14(23)24-15(2,3)4)7-8-22(11)13-6-5-12(9-20-13)16(17,18)19/h5-6,9,11H,7-8,10H2,1-4H3/t11-/m0/s1. The molecule has 0 aliphatic carbocycles. The van der Waals surface area contributed by atoms with Crippen LogP contribution >= 0.6 is 0 Å². The Morgan fingerprint density at radius 3 is 2.38 bits per heavy atom. The second kappa shape index (κ2) is 6.49. The Labute approximate surface area is 139 Å². The zero-order valence-electron chi connectivity index (χ0n) is 14.2. The first-order valence-corrected chi connectivity index (χ1v) is 7.75. The summed E-state index contributed by atoms with van der Waals surface area (Å²) in [7, 11) is 0. The van der Waals surface area contributed by atoms with Gasteiger partial charge in [-0.1, -0.05) is 0 Å². The number of ether oxygens (including phenoxy) is 1. The number of carbonyl (C=O) groups is 1. The molecule has 1 fully saturated rings. The van der Waals surface area contributed by atoms with Crippen LogP contribution in [0.1, 0.15) is 33.3 Å². The summed E-state index contributed by atoms with van der Waals surface area (Å²) in [5.74, 6) is 0.472. The number of piperazine rings is 1. The van der Waals surface area contributed by atoms with E-state index in [0.29, 0.717) is 25.5 Å². The minimum atomic E-state index is -4.40. The van der Waals surface area contributed by atoms with Crippen molar-refractivity contribution in [2.45, 2.75) is 45.5 Å². The number of rotatable bonds is 1. The molecule has 1 aromatic rings. The van der Waals surface area contributed by atoms with Gasteiger partial charge >= 0.3 is 12.3 Å². The molecule has 0 N–H and O–H groups in total. The Balaban J connectivity index is 2.02. The van der Waals surface area contributed by atoms with Crippen LogP contribution in [0.2, 0.25) is 0 Å². The van der Waals surface area contributed by atoms with E-state index in [0.717, 1.165) is 12.3 Å². The van der Waals surface area contributed by atoms with Gasteiger partial charge in [0.2, 0.25) is 0 Å². The predicted octanol–water partition coefficient (Wildman–Crippen LogP) is 3.55. The largest absolute Gasteiger partial charge is 0.444 e. The average Bonchev–Trinajstić information content (AvgIpc) is 2.44. The minimum absolute atomic E-state index is 0.0736. The third kappa shape index (κ3) is 4.52. The number of anilines is 1. The number of nitrogens with zero attached hydrogens (tertiary/aromatic N) is 3. The molecule has 0 saturated carbocycles. The van der Waals surface area contributed by atoms with E-state index in [1.54, 1.807) is 25.7 Å². The van der Waals surface area contributed by atoms with Crippen LogP contribution in [0.5, 0.6) is 0 Å². The highest BCUT2D eigenvalue weighted by atomic mass is 19.4. The van der Waals surface area contributed by atoms with Gasteiger partial charge in [0, 0.05) is 31.9 Å². The van der Waals surface area contributed by atoms with Gasteiger partial charge in [-0.05, 0) is 39.8 Å². The van der Waals surface area contributed by atoms with Gasteiger partial charge in [-0.3, -0.25) is 0 Å². The lowest BCUT2D eigenvalue weighted by Crippen LogP contribution is -2.54. The van der Waals surface area contributed by atoms with Crippen molar-refractivity contribution in [2.24, 2.45) is 0 Å². The van der Waals surface area contributed by atoms with Crippen molar-refractivity contribution >= 4 is 11.9 Å². The number of alkyl halides is 3. The van der Waals surface area contributed by atoms with Crippen molar-refractivity contribution in [3.8, 4) is 0 Å². The number of hydrogen-bond acceptors (Lipinski definition) is 4. The molecule has 1 amide bonds. The first-order chi connectivity index (χ1) is 11.0. The van der Waals surface area contributed by atoms with E-state index in [4.69, 9.17) is 4.74 Å². The molecule has 0 radical (unpaired) electrons. The molecule has 8 heteroatoms. The van der Waals surface area contributed by atoms with Crippen molar-refractivity contribution < 1.29 is 22.7 Å². The highest BCUT2D eigenvalue weighted by Gasteiger charge is 2.33. The zero-order valence-corrected chi connectivity index (χ0v) is 14.2. The highest BCUT2D eigenvalue weighted by Crippen LogP contribution is 2.30. The summed E-state index contributed by atoms with van der Waals surface area (Å²) in [6.07, 6.45) is -3.94. The van der Waals surface area contributed by atoms with Gasteiger partial charge in [-0.15, -0.1) is 0 Å². The van der Waals surface area contributed by atoms with Crippen molar-refractivity contribution in [3.05, 3.63) is 23.9 Å². The Morgan fingerprint density at radius 1 is 1.25 bits per heavy atom. The van der Waals surface area contributed by atoms with Gasteiger partial charge in [0.05, 0.1) is 5.56 Å². The number of aromatic nitrogens is 1. The van der Waals surface area contributed by atoms with E-state index in [2.05, 4.69) is 4.98 Å². The summed E-state index contributed by atoms with van der Waals surface area (Å²) >= 11 is 0. The van der Waals surface area contributed by atoms with Crippen LogP contribution < -0.4 is 4.90 Å². The summed E-state index contributed by atoms with van der Waals surface area (Å²) in [6, 6.07) is 2.31. The molecule has 24 heavy (non-hydrogen) atoms. The summed E-state index contributed by atoms with van der Waals surface area (Å²) in [5, 5.41) is 0. The first kappa shape index (κ1) is 18.4. The zero-order chi connectivity index (χ0) is 18.1. The van der Waals surface area contributed by atoms with Gasteiger partial charge in [-0.25, -0.2) is 9.78 Å². The quantitative estimate of drug-likeness (QED) is 0.781. The smallest absolute Gasteiger partial charge is 0.417 e. The lowest BCUT2D eigenvalue weighted by Gasteiger charge is -2.40. The molecule has 0 unspecified atom stereocenters. The maximum Gasteiger partial charge on any atom is 0.417 e. The second-order valence-electron chi connectivity index (χ2n) is 6.87. The van der Waals surface area contributed by atoms with Crippen molar-refractivity contribution in [2.75, 3.05) is 24.5 Å². The molecule has 1 saturated heterocycles. The van der Waals surface area contributed by atoms with E-state index >= 15 is 0 Å². The fraction of sp³-hybridized carbons (Fsp3) is 0.625. The van der Waals surface area contributed by atoms with Gasteiger partial charge in [0.1, 0.15) is 11.4 Å². The Hall–Kier alpha value is -1.99. The fourth-order valence-corrected chi connectivity index (χ4v) is 2.51. The molecule has 1 aromatic heterocycles. The van der Waals surface area contributed by atoms with Crippen LogP contribution in [0.4, 0.5) is 23.8 Å². The van der Waals surface area contributed by atoms with E-state index in [-0.39, 0.29) is 12.1 Å². The third-order valence-electron chi connectivity index (χ3n) is 3.65. The molecule has 0 bridgehead atoms. The lowest BCUT2D eigenvalue weighted by atomic mass is 10.2. The molecule has 0 aromatic carbocycles. The van der Waals surface area contributed by atoms with Gasteiger partial charge in [0.25, 0.3) is 0 Å². The van der Waals surface area contributed by atoms with Crippen LogP contribution in [-0.4, -0.2) is 47.3 Å². The van der Waals surface area contributed by atoms with Crippen LogP contribution in [-0.2, 0) is 10.9 Å². The Morgan fingerprint density at radius 2 is 1.92 bits per heavy atom. The van der Waals surface area contributed by atoms with E-state index in [1.807, 2.05) is 11.8 Å². The van der Waals surface area contributed by atoms with Crippen LogP contribution in [0.25, 0.3) is 0 Å². The Bertz CT molecular complexity index is 582. The van der Waals surface area contributed by atoms with Crippen molar-refractivity contribution in [3.63, 3.8) is 0 Å².